The third-order valence-electron chi connectivity index (χ3n) is 2.58. The van der Waals surface area contributed by atoms with Crippen molar-refractivity contribution in [3.05, 3.63) is 41.8 Å². The molecule has 0 aliphatic rings. The fraction of sp³-hybridized carbons (Fsp3) is 0.500. The van der Waals surface area contributed by atoms with Crippen molar-refractivity contribution < 1.29 is 0 Å². The Balaban J connectivity index is 2.29. The van der Waals surface area contributed by atoms with E-state index >= 15 is 0 Å². The predicted molar refractivity (Wildman–Crippen MR) is 63.4 cm³/mol. The van der Waals surface area contributed by atoms with E-state index in [0.29, 0.717) is 0 Å². The van der Waals surface area contributed by atoms with Crippen LogP contribution in [0, 0.1) is 6.42 Å². The van der Waals surface area contributed by atoms with Crippen LogP contribution in [0.15, 0.2) is 24.3 Å². The number of benzene rings is 1. The number of unbranched alkanes of at least 4 members (excludes halogenated alkanes) is 3. The van der Waals surface area contributed by atoms with E-state index in [1.807, 2.05) is 0 Å². The lowest BCUT2D eigenvalue weighted by atomic mass is 10.0. The third-order valence-corrected chi connectivity index (χ3v) is 2.58. The van der Waals surface area contributed by atoms with Crippen molar-refractivity contribution in [2.75, 3.05) is 0 Å². The van der Waals surface area contributed by atoms with E-state index in [4.69, 9.17) is 0 Å². The molecule has 1 aromatic carbocycles. The van der Waals surface area contributed by atoms with Crippen LogP contribution in [0.1, 0.15) is 50.7 Å². The first-order valence-corrected chi connectivity index (χ1v) is 5.79. The van der Waals surface area contributed by atoms with Crippen molar-refractivity contribution in [3.8, 4) is 0 Å². The van der Waals surface area contributed by atoms with E-state index in [1.165, 1.54) is 36.8 Å². The normalized spacial score (nSPS) is 10.4. The van der Waals surface area contributed by atoms with Crippen molar-refractivity contribution in [2.24, 2.45) is 0 Å². The number of hydrogen-bond acceptors (Lipinski definition) is 0. The van der Waals surface area contributed by atoms with Crippen LogP contribution in [-0.4, -0.2) is 0 Å². The summed E-state index contributed by atoms with van der Waals surface area (Å²) in [5.41, 5.74) is 2.80. The van der Waals surface area contributed by atoms with Crippen molar-refractivity contribution in [2.45, 2.75) is 46.0 Å². The highest BCUT2D eigenvalue weighted by atomic mass is 14.0. The standard InChI is InChI=1S/C14H21/c1-3-5-6-7-8-14-11-9-13(4-2)10-12-14/h8-12H,3-7H2,1-2H3. The second kappa shape index (κ2) is 6.64. The van der Waals surface area contributed by atoms with E-state index in [9.17, 15) is 0 Å². The van der Waals surface area contributed by atoms with Crippen LogP contribution in [0.5, 0.6) is 0 Å². The second-order valence-electron chi connectivity index (χ2n) is 3.80. The maximum absolute atomic E-state index is 2.34. The molecule has 0 aliphatic carbocycles. The van der Waals surface area contributed by atoms with Crippen molar-refractivity contribution in [3.63, 3.8) is 0 Å². The molecule has 0 aliphatic heterocycles. The SMILES string of the molecule is CCCCC[CH]c1ccc(CC)cc1. The molecule has 14 heavy (non-hydrogen) atoms. The van der Waals surface area contributed by atoms with Crippen LogP contribution in [-0.2, 0) is 6.42 Å². The molecule has 0 N–H and O–H groups in total. The van der Waals surface area contributed by atoms with E-state index in [-0.39, 0.29) is 0 Å². The van der Waals surface area contributed by atoms with Gasteiger partial charge in [0.15, 0.2) is 0 Å². The molecule has 0 saturated carbocycles. The summed E-state index contributed by atoms with van der Waals surface area (Å²) in [5, 5.41) is 0. The molecule has 0 bridgehead atoms. The van der Waals surface area contributed by atoms with Gasteiger partial charge in [-0.3, -0.25) is 0 Å². The third kappa shape index (κ3) is 3.95. The van der Waals surface area contributed by atoms with Gasteiger partial charge in [-0.15, -0.1) is 0 Å². The lowest BCUT2D eigenvalue weighted by Crippen LogP contribution is -1.84. The molecule has 1 rings (SSSR count). The van der Waals surface area contributed by atoms with Gasteiger partial charge in [-0.05, 0) is 30.4 Å². The average Bonchev–Trinajstić information content (AvgIpc) is 2.25. The minimum atomic E-state index is 1.14. The highest BCUT2D eigenvalue weighted by molar-refractivity contribution is 5.27. The summed E-state index contributed by atoms with van der Waals surface area (Å²) in [4.78, 5) is 0. The van der Waals surface area contributed by atoms with Gasteiger partial charge in [0.1, 0.15) is 0 Å². The van der Waals surface area contributed by atoms with Crippen LogP contribution >= 0.6 is 0 Å². The van der Waals surface area contributed by atoms with Crippen LogP contribution in [0.4, 0.5) is 0 Å². The number of rotatable bonds is 6. The molecule has 77 valence electrons. The Morgan fingerprint density at radius 2 is 1.71 bits per heavy atom. The molecule has 1 aromatic rings. The first-order chi connectivity index (χ1) is 6.86. The van der Waals surface area contributed by atoms with Gasteiger partial charge in [0.2, 0.25) is 0 Å². The molecular weight excluding hydrogens is 168 g/mol. The zero-order valence-corrected chi connectivity index (χ0v) is 9.42. The minimum Gasteiger partial charge on any atom is -0.0654 e. The summed E-state index contributed by atoms with van der Waals surface area (Å²) in [6.45, 7) is 4.44. The molecule has 0 atom stereocenters. The number of hydrogen-bond donors (Lipinski definition) is 0. The van der Waals surface area contributed by atoms with Gasteiger partial charge in [0.25, 0.3) is 0 Å². The molecule has 0 fully saturated rings. The summed E-state index contributed by atoms with van der Waals surface area (Å²) >= 11 is 0. The maximum atomic E-state index is 2.34. The molecule has 0 saturated heterocycles. The Bertz CT molecular complexity index is 233. The summed E-state index contributed by atoms with van der Waals surface area (Å²) in [6, 6.07) is 8.91. The maximum Gasteiger partial charge on any atom is -0.00931 e. The summed E-state index contributed by atoms with van der Waals surface area (Å²) in [6.07, 6.45) is 8.68. The minimum absolute atomic E-state index is 1.14. The lowest BCUT2D eigenvalue weighted by molar-refractivity contribution is 0.715. The monoisotopic (exact) mass is 189 g/mol. The van der Waals surface area contributed by atoms with E-state index in [1.54, 1.807) is 0 Å². The molecule has 0 nitrogen and oxygen atoms in total. The van der Waals surface area contributed by atoms with Gasteiger partial charge in [-0.2, -0.15) is 0 Å². The van der Waals surface area contributed by atoms with Gasteiger partial charge in [0.05, 0.1) is 0 Å². The van der Waals surface area contributed by atoms with Gasteiger partial charge in [0, 0.05) is 0 Å². The Morgan fingerprint density at radius 3 is 2.29 bits per heavy atom. The zero-order valence-electron chi connectivity index (χ0n) is 9.42. The van der Waals surface area contributed by atoms with E-state index in [2.05, 4.69) is 44.5 Å². The van der Waals surface area contributed by atoms with Crippen molar-refractivity contribution in [1.29, 1.82) is 0 Å². The largest absolute Gasteiger partial charge is 0.0654 e. The molecule has 0 amide bonds. The second-order valence-corrected chi connectivity index (χ2v) is 3.80. The Kier molecular flexibility index (Phi) is 5.36. The lowest BCUT2D eigenvalue weighted by Gasteiger charge is -2.02. The van der Waals surface area contributed by atoms with E-state index in [0.717, 1.165) is 6.42 Å². The summed E-state index contributed by atoms with van der Waals surface area (Å²) < 4.78 is 0. The molecule has 0 heteroatoms. The highest BCUT2D eigenvalue weighted by Crippen LogP contribution is 2.11. The Labute approximate surface area is 88.4 Å². The van der Waals surface area contributed by atoms with Crippen molar-refractivity contribution in [1.82, 2.24) is 0 Å². The van der Waals surface area contributed by atoms with Crippen molar-refractivity contribution >= 4 is 0 Å². The molecular formula is C14H21. The van der Waals surface area contributed by atoms with Gasteiger partial charge in [-0.1, -0.05) is 57.4 Å². The first kappa shape index (κ1) is 11.3. The summed E-state index contributed by atoms with van der Waals surface area (Å²) in [5.74, 6) is 0. The van der Waals surface area contributed by atoms with Crippen LogP contribution in [0.3, 0.4) is 0 Å². The smallest absolute Gasteiger partial charge is 0.00931 e. The quantitative estimate of drug-likeness (QED) is 0.582. The highest BCUT2D eigenvalue weighted by Gasteiger charge is 1.94. The molecule has 1 radical (unpaired) electrons. The first-order valence-electron chi connectivity index (χ1n) is 5.79. The van der Waals surface area contributed by atoms with Gasteiger partial charge >= 0.3 is 0 Å². The number of aryl methyl sites for hydroxylation is 1. The average molecular weight is 189 g/mol. The molecule has 0 spiro atoms. The van der Waals surface area contributed by atoms with Gasteiger partial charge in [-0.25, -0.2) is 0 Å². The Morgan fingerprint density at radius 1 is 1.00 bits per heavy atom. The predicted octanol–water partition coefficient (Wildman–Crippen LogP) is 4.38. The fourth-order valence-corrected chi connectivity index (χ4v) is 1.55. The molecule has 0 aromatic heterocycles. The topological polar surface area (TPSA) is 0 Å². The van der Waals surface area contributed by atoms with Crippen LogP contribution in [0.25, 0.3) is 0 Å². The molecule has 0 unspecified atom stereocenters. The molecule has 0 heterocycles. The summed E-state index contributed by atoms with van der Waals surface area (Å²) in [7, 11) is 0. The van der Waals surface area contributed by atoms with Gasteiger partial charge < -0.3 is 0 Å². The van der Waals surface area contributed by atoms with E-state index < -0.39 is 0 Å². The fourth-order valence-electron chi connectivity index (χ4n) is 1.55. The Hall–Kier alpha value is -0.780. The van der Waals surface area contributed by atoms with Crippen LogP contribution in [0.2, 0.25) is 0 Å². The zero-order chi connectivity index (χ0) is 10.2. The van der Waals surface area contributed by atoms with Crippen LogP contribution < -0.4 is 0 Å².